The van der Waals surface area contributed by atoms with Crippen molar-refractivity contribution < 1.29 is 0 Å². The average Bonchev–Trinajstić information content (AvgIpc) is 2.29. The van der Waals surface area contributed by atoms with Crippen LogP contribution in [-0.4, -0.2) is 12.0 Å². The van der Waals surface area contributed by atoms with Gasteiger partial charge in [0.1, 0.15) is 0 Å². The van der Waals surface area contributed by atoms with Crippen molar-refractivity contribution in [3.05, 3.63) is 42.1 Å². The number of anilines is 1. The van der Waals surface area contributed by atoms with Gasteiger partial charge in [-0.15, -0.1) is 0 Å². The summed E-state index contributed by atoms with van der Waals surface area (Å²) in [6, 6.07) is 8.23. The smallest absolute Gasteiger partial charge is 0.0939 e. The quantitative estimate of drug-likeness (QED) is 0.800. The fourth-order valence-electron chi connectivity index (χ4n) is 1.74. The third-order valence-corrected chi connectivity index (χ3v) is 2.40. The summed E-state index contributed by atoms with van der Waals surface area (Å²) >= 11 is 0. The van der Waals surface area contributed by atoms with E-state index in [-0.39, 0.29) is 0 Å². The van der Waals surface area contributed by atoms with E-state index in [0.717, 1.165) is 16.6 Å². The zero-order valence-electron chi connectivity index (χ0n) is 8.99. The molecule has 0 radical (unpaired) electrons. The lowest BCUT2D eigenvalue weighted by atomic mass is 10.1. The van der Waals surface area contributed by atoms with Crippen LogP contribution in [0.4, 0.5) is 5.69 Å². The molecule has 0 saturated heterocycles. The molecule has 1 aromatic heterocycles. The fraction of sp³-hybridized carbons (Fsp3) is 0.154. The number of nitrogens with zero attached hydrogens (tertiary/aromatic N) is 1. The van der Waals surface area contributed by atoms with Crippen molar-refractivity contribution in [2.75, 3.05) is 12.4 Å². The van der Waals surface area contributed by atoms with Crippen LogP contribution < -0.4 is 5.32 Å². The highest BCUT2D eigenvalue weighted by molar-refractivity contribution is 5.94. The van der Waals surface area contributed by atoms with Gasteiger partial charge < -0.3 is 5.32 Å². The van der Waals surface area contributed by atoms with Crippen LogP contribution in [0.15, 0.2) is 36.5 Å². The second kappa shape index (κ2) is 4.13. The number of hydrogen-bond donors (Lipinski definition) is 1. The molecule has 0 unspecified atom stereocenters. The zero-order valence-corrected chi connectivity index (χ0v) is 8.99. The number of aromatic nitrogens is 1. The molecule has 1 N–H and O–H groups in total. The van der Waals surface area contributed by atoms with Crippen LogP contribution in [0.2, 0.25) is 0 Å². The van der Waals surface area contributed by atoms with Crippen LogP contribution in [0.3, 0.4) is 0 Å². The maximum atomic E-state index is 4.40. The van der Waals surface area contributed by atoms with Crippen molar-refractivity contribution in [3.8, 4) is 0 Å². The number of allylic oxidation sites excluding steroid dienone is 1. The Balaban J connectivity index is 2.75. The van der Waals surface area contributed by atoms with E-state index in [1.807, 2.05) is 32.3 Å². The molecule has 2 nitrogen and oxygen atoms in total. The standard InChI is InChI=1S/C13H14N2/c1-3-5-10-7-8-11-6-4-9-15-13(11)12(10)14-2/h3-9,14H,1-2H3/b5-3-. The number of rotatable bonds is 2. The van der Waals surface area contributed by atoms with E-state index < -0.39 is 0 Å². The summed E-state index contributed by atoms with van der Waals surface area (Å²) < 4.78 is 0. The molecule has 0 spiro atoms. The van der Waals surface area contributed by atoms with Crippen LogP contribution in [0.1, 0.15) is 12.5 Å². The molecular weight excluding hydrogens is 184 g/mol. The van der Waals surface area contributed by atoms with E-state index in [0.29, 0.717) is 0 Å². The van der Waals surface area contributed by atoms with Crippen molar-refractivity contribution in [2.45, 2.75) is 6.92 Å². The van der Waals surface area contributed by atoms with E-state index in [1.165, 1.54) is 5.56 Å². The largest absolute Gasteiger partial charge is 0.386 e. The molecule has 0 aliphatic rings. The molecule has 1 aromatic carbocycles. The summed E-state index contributed by atoms with van der Waals surface area (Å²) in [6.45, 7) is 2.02. The molecule has 0 atom stereocenters. The first-order valence-electron chi connectivity index (χ1n) is 5.05. The van der Waals surface area contributed by atoms with Crippen molar-refractivity contribution in [1.29, 1.82) is 0 Å². The highest BCUT2D eigenvalue weighted by Gasteiger charge is 2.03. The van der Waals surface area contributed by atoms with E-state index in [4.69, 9.17) is 0 Å². The molecule has 0 bridgehead atoms. The van der Waals surface area contributed by atoms with E-state index in [2.05, 4.69) is 34.6 Å². The maximum absolute atomic E-state index is 4.40. The molecule has 0 fully saturated rings. The van der Waals surface area contributed by atoms with Crippen LogP contribution in [0.5, 0.6) is 0 Å². The number of nitrogens with one attached hydrogen (secondary N) is 1. The van der Waals surface area contributed by atoms with Crippen molar-refractivity contribution >= 4 is 22.7 Å². The molecular formula is C13H14N2. The Labute approximate surface area is 89.7 Å². The second-order valence-electron chi connectivity index (χ2n) is 3.35. The monoisotopic (exact) mass is 198 g/mol. The van der Waals surface area contributed by atoms with Gasteiger partial charge in [0.05, 0.1) is 11.2 Å². The Kier molecular flexibility index (Phi) is 2.68. The van der Waals surface area contributed by atoms with Crippen molar-refractivity contribution in [2.24, 2.45) is 0 Å². The van der Waals surface area contributed by atoms with Gasteiger partial charge >= 0.3 is 0 Å². The number of pyridine rings is 1. The predicted octanol–water partition coefficient (Wildman–Crippen LogP) is 3.31. The molecule has 2 aromatic rings. The third kappa shape index (κ3) is 1.71. The lowest BCUT2D eigenvalue weighted by molar-refractivity contribution is 1.39. The molecule has 0 amide bonds. The zero-order chi connectivity index (χ0) is 10.7. The lowest BCUT2D eigenvalue weighted by Gasteiger charge is -2.08. The first kappa shape index (κ1) is 9.71. The summed E-state index contributed by atoms with van der Waals surface area (Å²) in [7, 11) is 1.93. The highest BCUT2D eigenvalue weighted by atomic mass is 14.9. The number of hydrogen-bond acceptors (Lipinski definition) is 2. The minimum absolute atomic E-state index is 1.02. The summed E-state index contributed by atoms with van der Waals surface area (Å²) in [5.74, 6) is 0. The summed E-state index contributed by atoms with van der Waals surface area (Å²) in [5.41, 5.74) is 3.29. The predicted molar refractivity (Wildman–Crippen MR) is 66.0 cm³/mol. The molecule has 0 saturated carbocycles. The van der Waals surface area contributed by atoms with Gasteiger partial charge in [-0.3, -0.25) is 4.98 Å². The highest BCUT2D eigenvalue weighted by Crippen LogP contribution is 2.26. The van der Waals surface area contributed by atoms with Gasteiger partial charge in [-0.05, 0) is 18.6 Å². The molecule has 0 aliphatic heterocycles. The van der Waals surface area contributed by atoms with E-state index in [9.17, 15) is 0 Å². The van der Waals surface area contributed by atoms with Crippen molar-refractivity contribution in [1.82, 2.24) is 4.98 Å². The van der Waals surface area contributed by atoms with Gasteiger partial charge in [0.15, 0.2) is 0 Å². The molecule has 15 heavy (non-hydrogen) atoms. The van der Waals surface area contributed by atoms with E-state index >= 15 is 0 Å². The first-order chi connectivity index (χ1) is 7.36. The molecule has 2 heteroatoms. The van der Waals surface area contributed by atoms with Crippen molar-refractivity contribution in [3.63, 3.8) is 0 Å². The van der Waals surface area contributed by atoms with Gasteiger partial charge in [0.2, 0.25) is 0 Å². The van der Waals surface area contributed by atoms with Gasteiger partial charge in [-0.25, -0.2) is 0 Å². The van der Waals surface area contributed by atoms with Gasteiger partial charge in [0.25, 0.3) is 0 Å². The molecule has 76 valence electrons. The third-order valence-electron chi connectivity index (χ3n) is 2.40. The average molecular weight is 198 g/mol. The normalized spacial score (nSPS) is 11.1. The Hall–Kier alpha value is -1.83. The maximum Gasteiger partial charge on any atom is 0.0939 e. The first-order valence-corrected chi connectivity index (χ1v) is 5.05. The summed E-state index contributed by atoms with van der Waals surface area (Å²) in [6.07, 6.45) is 5.94. The Morgan fingerprint density at radius 1 is 1.27 bits per heavy atom. The van der Waals surface area contributed by atoms with Crippen LogP contribution >= 0.6 is 0 Å². The lowest BCUT2D eigenvalue weighted by Crippen LogP contribution is -1.94. The molecule has 1 heterocycles. The van der Waals surface area contributed by atoms with Gasteiger partial charge in [-0.1, -0.05) is 30.4 Å². The van der Waals surface area contributed by atoms with Crippen LogP contribution in [0, 0.1) is 0 Å². The Bertz CT molecular complexity index is 501. The second-order valence-corrected chi connectivity index (χ2v) is 3.35. The fourth-order valence-corrected chi connectivity index (χ4v) is 1.74. The van der Waals surface area contributed by atoms with E-state index in [1.54, 1.807) is 0 Å². The van der Waals surface area contributed by atoms with Crippen LogP contribution in [-0.2, 0) is 0 Å². The Morgan fingerprint density at radius 2 is 2.13 bits per heavy atom. The Morgan fingerprint density at radius 3 is 2.87 bits per heavy atom. The van der Waals surface area contributed by atoms with Gasteiger partial charge in [-0.2, -0.15) is 0 Å². The number of benzene rings is 1. The minimum atomic E-state index is 1.02. The summed E-state index contributed by atoms with van der Waals surface area (Å²) in [4.78, 5) is 4.40. The topological polar surface area (TPSA) is 24.9 Å². The number of fused-ring (bicyclic) bond motifs is 1. The summed E-state index contributed by atoms with van der Waals surface area (Å²) in [5, 5.41) is 4.37. The van der Waals surface area contributed by atoms with Gasteiger partial charge in [0, 0.05) is 18.6 Å². The molecule has 0 aliphatic carbocycles. The SMILES string of the molecule is C/C=C\c1ccc2cccnc2c1NC. The minimum Gasteiger partial charge on any atom is -0.386 e. The van der Waals surface area contributed by atoms with Crippen LogP contribution in [0.25, 0.3) is 17.0 Å². The molecule has 2 rings (SSSR count).